The van der Waals surface area contributed by atoms with Crippen LogP contribution in [-0.4, -0.2) is 57.2 Å². The van der Waals surface area contributed by atoms with Crippen molar-refractivity contribution in [3.63, 3.8) is 0 Å². The highest BCUT2D eigenvalue weighted by atomic mass is 32.2. The van der Waals surface area contributed by atoms with Gasteiger partial charge < -0.3 is 14.1 Å². The minimum atomic E-state index is -0.480. The van der Waals surface area contributed by atoms with Crippen LogP contribution in [0.4, 0.5) is 0 Å². The molecule has 1 saturated heterocycles. The number of hydrogen-bond donors (Lipinski definition) is 1. The van der Waals surface area contributed by atoms with Gasteiger partial charge in [0.15, 0.2) is 0 Å². The number of morpholine rings is 1. The zero-order valence-corrected chi connectivity index (χ0v) is 14.4. The number of H-pyrrole nitrogens is 1. The maximum atomic E-state index is 12.8. The van der Waals surface area contributed by atoms with E-state index in [1.165, 1.54) is 11.8 Å². The van der Waals surface area contributed by atoms with Crippen molar-refractivity contribution in [1.29, 1.82) is 0 Å². The molecule has 0 radical (unpaired) electrons. The van der Waals surface area contributed by atoms with Gasteiger partial charge in [-0.1, -0.05) is 11.8 Å². The monoisotopic (exact) mass is 353 g/mol. The third-order valence-corrected chi connectivity index (χ3v) is 4.41. The summed E-state index contributed by atoms with van der Waals surface area (Å²) in [6.07, 6.45) is 1.81. The lowest BCUT2D eigenvalue weighted by Gasteiger charge is -2.26. The normalized spacial score (nSPS) is 15.8. The lowest BCUT2D eigenvalue weighted by atomic mass is 10.2. The molecule has 0 aromatic carbocycles. The molecule has 3 rings (SSSR count). The first-order valence-electron chi connectivity index (χ1n) is 7.57. The van der Waals surface area contributed by atoms with Crippen LogP contribution in [0.1, 0.15) is 17.1 Å². The van der Waals surface area contributed by atoms with Crippen LogP contribution in [0.25, 0.3) is 0 Å². The van der Waals surface area contributed by atoms with Crippen molar-refractivity contribution < 1.29 is 9.15 Å². The Kier molecular flexibility index (Phi) is 5.17. The highest BCUT2D eigenvalue weighted by Crippen LogP contribution is 2.12. The zero-order chi connectivity index (χ0) is 17.1. The van der Waals surface area contributed by atoms with Crippen LogP contribution in [0.15, 0.2) is 19.2 Å². The third-order valence-electron chi connectivity index (χ3n) is 3.90. The number of nitrogens with zero attached hydrogens (tertiary/aromatic N) is 4. The van der Waals surface area contributed by atoms with Gasteiger partial charge in [0.25, 0.3) is 10.8 Å². The Morgan fingerprint density at radius 2 is 1.96 bits per heavy atom. The predicted molar refractivity (Wildman–Crippen MR) is 87.3 cm³/mol. The molecule has 0 aliphatic carbocycles. The van der Waals surface area contributed by atoms with Gasteiger partial charge in [-0.3, -0.25) is 14.3 Å². The molecule has 0 amide bonds. The Morgan fingerprint density at radius 1 is 1.21 bits per heavy atom. The first-order valence-corrected chi connectivity index (χ1v) is 8.80. The Bertz CT molecular complexity index is 821. The predicted octanol–water partition coefficient (Wildman–Crippen LogP) is -0.170. The van der Waals surface area contributed by atoms with Crippen LogP contribution in [0, 0.1) is 6.92 Å². The fraction of sp³-hybridized carbons (Fsp3) is 0.571. The Labute approximate surface area is 142 Å². The van der Waals surface area contributed by atoms with E-state index >= 15 is 0 Å². The van der Waals surface area contributed by atoms with E-state index in [1.54, 1.807) is 6.92 Å². The van der Waals surface area contributed by atoms with Crippen molar-refractivity contribution in [3.05, 3.63) is 38.0 Å². The minimum absolute atomic E-state index is 0.0435. The number of nitrogens with one attached hydrogen (secondary N) is 1. The van der Waals surface area contributed by atoms with Crippen molar-refractivity contribution in [3.8, 4) is 0 Å². The summed E-state index contributed by atoms with van der Waals surface area (Å²) in [4.78, 5) is 29.8. The molecule has 3 heterocycles. The largest absolute Gasteiger partial charge is 0.414 e. The molecular formula is C14H19N5O4S. The summed E-state index contributed by atoms with van der Waals surface area (Å²) in [5.41, 5.74) is 0.350. The number of thioether (sulfide) groups is 1. The summed E-state index contributed by atoms with van der Waals surface area (Å²) in [6, 6.07) is 0. The molecule has 10 heteroatoms. The van der Waals surface area contributed by atoms with Crippen molar-refractivity contribution in [2.24, 2.45) is 0 Å². The molecular weight excluding hydrogens is 334 g/mol. The first-order chi connectivity index (χ1) is 11.6. The molecule has 24 heavy (non-hydrogen) atoms. The Balaban J connectivity index is 1.89. The number of aryl methyl sites for hydroxylation is 1. The second-order valence-electron chi connectivity index (χ2n) is 5.48. The Morgan fingerprint density at radius 3 is 2.62 bits per heavy atom. The third kappa shape index (κ3) is 3.60. The van der Waals surface area contributed by atoms with Gasteiger partial charge in [0.1, 0.15) is 6.54 Å². The molecule has 1 N–H and O–H groups in total. The number of aromatic amines is 1. The summed E-state index contributed by atoms with van der Waals surface area (Å²) in [5, 5.41) is 8.07. The zero-order valence-electron chi connectivity index (χ0n) is 13.6. The molecule has 0 atom stereocenters. The number of hydrogen-bond acceptors (Lipinski definition) is 8. The van der Waals surface area contributed by atoms with E-state index in [0.29, 0.717) is 36.2 Å². The lowest BCUT2D eigenvalue weighted by Crippen LogP contribution is -2.42. The number of aromatic nitrogens is 4. The van der Waals surface area contributed by atoms with Gasteiger partial charge >= 0.3 is 5.69 Å². The number of ether oxygens (including phenoxy) is 1. The molecule has 1 aliphatic rings. The second-order valence-corrected chi connectivity index (χ2v) is 6.24. The SMILES string of the molecule is CSc1nnc(Cn2c(=O)[nH]c(C)c(CN3CCOCC3)c2=O)o1. The second kappa shape index (κ2) is 7.32. The van der Waals surface area contributed by atoms with Crippen LogP contribution < -0.4 is 11.2 Å². The molecule has 1 fully saturated rings. The first kappa shape index (κ1) is 16.9. The van der Waals surface area contributed by atoms with E-state index in [2.05, 4.69) is 20.1 Å². The van der Waals surface area contributed by atoms with Gasteiger partial charge in [-0.05, 0) is 13.2 Å². The van der Waals surface area contributed by atoms with E-state index in [9.17, 15) is 9.59 Å². The maximum Gasteiger partial charge on any atom is 0.329 e. The molecule has 2 aromatic rings. The van der Waals surface area contributed by atoms with Crippen molar-refractivity contribution >= 4 is 11.8 Å². The molecule has 9 nitrogen and oxygen atoms in total. The average Bonchev–Trinajstić information content (AvgIpc) is 3.04. The average molecular weight is 353 g/mol. The quantitative estimate of drug-likeness (QED) is 0.739. The molecule has 1 aliphatic heterocycles. The minimum Gasteiger partial charge on any atom is -0.414 e. The lowest BCUT2D eigenvalue weighted by molar-refractivity contribution is 0.0338. The van der Waals surface area contributed by atoms with Crippen LogP contribution in [0.2, 0.25) is 0 Å². The molecule has 0 bridgehead atoms. The molecule has 2 aromatic heterocycles. The summed E-state index contributed by atoms with van der Waals surface area (Å²) in [7, 11) is 0. The van der Waals surface area contributed by atoms with Gasteiger partial charge in [-0.25, -0.2) is 4.79 Å². The van der Waals surface area contributed by atoms with Crippen molar-refractivity contribution in [1.82, 2.24) is 24.6 Å². The summed E-state index contributed by atoms with van der Waals surface area (Å²) in [5.74, 6) is 0.230. The van der Waals surface area contributed by atoms with Crippen molar-refractivity contribution in [2.45, 2.75) is 25.2 Å². The smallest absolute Gasteiger partial charge is 0.329 e. The van der Waals surface area contributed by atoms with Crippen LogP contribution in [-0.2, 0) is 17.8 Å². The van der Waals surface area contributed by atoms with Gasteiger partial charge in [0, 0.05) is 25.3 Å². The fourth-order valence-electron chi connectivity index (χ4n) is 2.55. The highest BCUT2D eigenvalue weighted by Gasteiger charge is 2.18. The van der Waals surface area contributed by atoms with Crippen molar-refractivity contribution in [2.75, 3.05) is 32.6 Å². The van der Waals surface area contributed by atoms with Gasteiger partial charge in [0.2, 0.25) is 5.89 Å². The van der Waals surface area contributed by atoms with E-state index in [-0.39, 0.29) is 18.0 Å². The topological polar surface area (TPSA) is 106 Å². The van der Waals surface area contributed by atoms with E-state index < -0.39 is 5.69 Å². The molecule has 0 spiro atoms. The van der Waals surface area contributed by atoms with Gasteiger partial charge in [-0.15, -0.1) is 10.2 Å². The highest BCUT2D eigenvalue weighted by molar-refractivity contribution is 7.98. The summed E-state index contributed by atoms with van der Waals surface area (Å²) < 4.78 is 11.8. The summed E-state index contributed by atoms with van der Waals surface area (Å²) >= 11 is 1.31. The maximum absolute atomic E-state index is 12.8. The van der Waals surface area contributed by atoms with Crippen LogP contribution >= 0.6 is 11.8 Å². The van der Waals surface area contributed by atoms with Gasteiger partial charge in [-0.2, -0.15) is 0 Å². The molecule has 130 valence electrons. The standard InChI is InChI=1S/C14H19N5O4S/c1-9-10(7-18-3-5-22-6-4-18)12(20)19(13(21)15-9)8-11-16-17-14(23-11)24-2/h3-8H2,1-2H3,(H,15,21). The van der Waals surface area contributed by atoms with E-state index in [4.69, 9.17) is 9.15 Å². The molecule has 0 saturated carbocycles. The fourth-order valence-corrected chi connectivity index (χ4v) is 2.85. The van der Waals surface area contributed by atoms with Gasteiger partial charge in [0.05, 0.1) is 18.8 Å². The van der Waals surface area contributed by atoms with Crippen LogP contribution in [0.5, 0.6) is 0 Å². The number of rotatable bonds is 5. The molecule has 0 unspecified atom stereocenters. The summed E-state index contributed by atoms with van der Waals surface area (Å²) in [6.45, 7) is 4.99. The van der Waals surface area contributed by atoms with E-state index in [0.717, 1.165) is 17.7 Å². The van der Waals surface area contributed by atoms with Crippen LogP contribution in [0.3, 0.4) is 0 Å². The van der Waals surface area contributed by atoms with E-state index in [1.807, 2.05) is 6.26 Å². The Hall–Kier alpha value is -1.91.